The maximum absolute atomic E-state index is 13.7. The minimum atomic E-state index is -1.70. The molecule has 0 aromatic heterocycles. The summed E-state index contributed by atoms with van der Waals surface area (Å²) in [6, 6.07) is -0.798. The summed E-state index contributed by atoms with van der Waals surface area (Å²) >= 11 is 2.16. The Morgan fingerprint density at radius 2 is 1.68 bits per heavy atom. The molecule has 0 aromatic rings. The van der Waals surface area contributed by atoms with Crippen molar-refractivity contribution in [2.45, 2.75) is 148 Å². The van der Waals surface area contributed by atoms with E-state index in [2.05, 4.69) is 29.8 Å². The number of carbonyl (C=O) groups excluding carboxylic acids is 1. The zero-order valence-corrected chi connectivity index (χ0v) is 29.1. The monoisotopic (exact) mass is 700 g/mol. The molecular weight excluding hydrogens is 643 g/mol. The maximum atomic E-state index is 13.7. The molecule has 0 radical (unpaired) electrons. The van der Waals surface area contributed by atoms with E-state index in [0.717, 1.165) is 0 Å². The number of esters is 1. The summed E-state index contributed by atoms with van der Waals surface area (Å²) in [5.74, 6) is -1.79. The van der Waals surface area contributed by atoms with Gasteiger partial charge < -0.3 is 40.0 Å². The van der Waals surface area contributed by atoms with Crippen molar-refractivity contribution < 1.29 is 39.1 Å². The highest BCUT2D eigenvalue weighted by Crippen LogP contribution is 2.39. The number of halogens is 1. The third-order valence-electron chi connectivity index (χ3n) is 10.1. The summed E-state index contributed by atoms with van der Waals surface area (Å²) in [5, 5.41) is 34.5. The van der Waals surface area contributed by atoms with Crippen molar-refractivity contribution in [2.24, 2.45) is 29.4 Å². The number of nitrogens with two attached hydrogens (primary N) is 1. The summed E-state index contributed by atoms with van der Waals surface area (Å²) in [4.78, 5) is 13.7. The van der Waals surface area contributed by atoms with Gasteiger partial charge in [-0.15, -0.1) is 0 Å². The predicted molar refractivity (Wildman–Crippen MR) is 166 cm³/mol. The molecule has 2 saturated heterocycles. The second kappa shape index (κ2) is 14.3. The van der Waals surface area contributed by atoms with Crippen LogP contribution in [-0.4, -0.2) is 97.6 Å². The molecule has 0 amide bonds. The van der Waals surface area contributed by atoms with Crippen molar-refractivity contribution in [1.82, 2.24) is 3.11 Å². The van der Waals surface area contributed by atoms with Crippen LogP contribution < -0.4 is 5.73 Å². The highest BCUT2D eigenvalue weighted by Gasteiger charge is 2.49. The van der Waals surface area contributed by atoms with E-state index in [1.807, 2.05) is 51.6 Å². The van der Waals surface area contributed by atoms with Gasteiger partial charge in [0.25, 0.3) is 0 Å². The minimum Gasteiger partial charge on any atom is -0.459 e. The summed E-state index contributed by atoms with van der Waals surface area (Å²) in [5.41, 5.74) is 2.93. The molecule has 2 aliphatic rings. The van der Waals surface area contributed by atoms with Crippen LogP contribution in [0, 0.1) is 23.7 Å². The fourth-order valence-corrected chi connectivity index (χ4v) is 7.59. The second-order valence-corrected chi connectivity index (χ2v) is 14.8. The van der Waals surface area contributed by atoms with Crippen LogP contribution in [0.5, 0.6) is 0 Å². The molecule has 2 rings (SSSR count). The Balaban J connectivity index is 2.53. The van der Waals surface area contributed by atoms with Crippen LogP contribution in [0.25, 0.3) is 0 Å². The first-order valence-electron chi connectivity index (χ1n) is 15.1. The van der Waals surface area contributed by atoms with Crippen LogP contribution in [0.2, 0.25) is 0 Å². The van der Waals surface area contributed by atoms with Crippen LogP contribution in [0.4, 0.5) is 0 Å². The molecule has 0 bridgehead atoms. The number of hydrogen-bond acceptors (Lipinski definition) is 10. The molecule has 0 saturated carbocycles. The van der Waals surface area contributed by atoms with Crippen molar-refractivity contribution in [1.29, 1.82) is 0 Å². The Kier molecular flexibility index (Phi) is 12.9. The quantitative estimate of drug-likeness (QED) is 0.196. The van der Waals surface area contributed by atoms with Gasteiger partial charge >= 0.3 is 5.97 Å². The molecule has 0 aromatic carbocycles. The summed E-state index contributed by atoms with van der Waals surface area (Å²) < 4.78 is 26.4. The van der Waals surface area contributed by atoms with E-state index in [1.165, 1.54) is 6.92 Å². The van der Waals surface area contributed by atoms with E-state index >= 15 is 0 Å². The summed E-state index contributed by atoms with van der Waals surface area (Å²) in [6.45, 7) is 19.2. The number of aliphatic hydroxyl groups is 3. The molecule has 2 heterocycles. The van der Waals surface area contributed by atoms with Gasteiger partial charge in [-0.05, 0) is 72.1 Å². The molecule has 0 unspecified atom stereocenters. The Labute approximate surface area is 261 Å². The van der Waals surface area contributed by atoms with E-state index in [-0.39, 0.29) is 29.9 Å². The van der Waals surface area contributed by atoms with E-state index in [4.69, 9.17) is 24.7 Å². The number of methoxy groups -OCH3 is 1. The van der Waals surface area contributed by atoms with Crippen molar-refractivity contribution in [3.63, 3.8) is 0 Å². The van der Waals surface area contributed by atoms with Crippen LogP contribution >= 0.6 is 22.9 Å². The molecule has 2 aliphatic heterocycles. The van der Waals surface area contributed by atoms with Gasteiger partial charge in [0.05, 0.1) is 35.4 Å². The standard InChI is InChI=1S/C30H57IN2O8/c1-12-22-30(10,37)26(34)20(6)33(31)15-16(2)13-28(8,36)19(5)17(3)24(18(4)27(35)40-22)41-23-14-29(9,38-11)25(32)21(7)39-23/h16-26,34,36-37H,12-15,32H2,1-11H3/t16-,17-,18-,19-,20-,21+,22-,23+,24+,25+,26-,28-,29-,30-/m1/s1. The minimum absolute atomic E-state index is 0.0735. The molecule has 242 valence electrons. The lowest BCUT2D eigenvalue weighted by molar-refractivity contribution is -0.273. The lowest BCUT2D eigenvalue weighted by Crippen LogP contribution is -2.61. The van der Waals surface area contributed by atoms with Gasteiger partial charge in [-0.3, -0.25) is 4.79 Å². The first kappa shape index (κ1) is 37.1. The number of carbonyl (C=O) groups is 1. The Morgan fingerprint density at radius 3 is 2.22 bits per heavy atom. The van der Waals surface area contributed by atoms with Crippen molar-refractivity contribution in [3.05, 3.63) is 0 Å². The first-order valence-corrected chi connectivity index (χ1v) is 16.1. The second-order valence-electron chi connectivity index (χ2n) is 13.5. The zero-order chi connectivity index (χ0) is 31.7. The first-order chi connectivity index (χ1) is 18.7. The third kappa shape index (κ3) is 8.33. The van der Waals surface area contributed by atoms with Crippen molar-refractivity contribution >= 4 is 28.8 Å². The van der Waals surface area contributed by atoms with Crippen LogP contribution in [-0.2, 0) is 23.7 Å². The largest absolute Gasteiger partial charge is 0.459 e. The van der Waals surface area contributed by atoms with Gasteiger partial charge in [-0.2, -0.15) is 0 Å². The zero-order valence-electron chi connectivity index (χ0n) is 27.0. The topological polar surface area (TPSA) is 144 Å². The fourth-order valence-electron chi connectivity index (χ4n) is 6.61. The van der Waals surface area contributed by atoms with Gasteiger partial charge in [-0.1, -0.05) is 27.7 Å². The van der Waals surface area contributed by atoms with Gasteiger partial charge in [0.2, 0.25) is 0 Å². The van der Waals surface area contributed by atoms with Gasteiger partial charge in [-0.25, -0.2) is 3.11 Å². The molecule has 10 nitrogen and oxygen atoms in total. The molecule has 11 heteroatoms. The Hall–Kier alpha value is -0.120. The summed E-state index contributed by atoms with van der Waals surface area (Å²) in [7, 11) is 1.62. The van der Waals surface area contributed by atoms with Gasteiger partial charge in [0.1, 0.15) is 17.8 Å². The molecule has 14 atom stereocenters. The normalized spacial score (nSPS) is 50.0. The number of cyclic esters (lactones) is 1. The molecular formula is C30H57IN2O8. The number of hydrogen-bond donors (Lipinski definition) is 4. The number of nitrogens with zero attached hydrogens (tertiary/aromatic N) is 1. The fraction of sp³-hybridized carbons (Fsp3) is 0.967. The van der Waals surface area contributed by atoms with Gasteiger partial charge in [0.15, 0.2) is 6.29 Å². The molecule has 2 fully saturated rings. The highest BCUT2D eigenvalue weighted by atomic mass is 127. The van der Waals surface area contributed by atoms with E-state index in [0.29, 0.717) is 25.8 Å². The van der Waals surface area contributed by atoms with Crippen LogP contribution in [0.3, 0.4) is 0 Å². The van der Waals surface area contributed by atoms with Crippen molar-refractivity contribution in [2.75, 3.05) is 13.7 Å². The average molecular weight is 701 g/mol. The Bertz CT molecular complexity index is 862. The van der Waals surface area contributed by atoms with E-state index < -0.39 is 59.3 Å². The Morgan fingerprint density at radius 1 is 1.10 bits per heavy atom. The lowest BCUT2D eigenvalue weighted by Gasteiger charge is -2.47. The molecule has 0 aliphatic carbocycles. The van der Waals surface area contributed by atoms with Crippen LogP contribution in [0.1, 0.15) is 88.5 Å². The smallest absolute Gasteiger partial charge is 0.311 e. The van der Waals surface area contributed by atoms with Crippen molar-refractivity contribution in [3.8, 4) is 0 Å². The number of rotatable bonds is 4. The SMILES string of the molecule is CC[C@H]1OC(=O)[C@H](C)[C@@H](O[C@H]2C[C@@](C)(OC)[C@@H](N)[C@H](C)O2)[C@H](C)[C@@H](C)[C@](C)(O)C[C@@H](C)CN(I)[C@H](C)[C@@H](O)[C@]1(C)O. The summed E-state index contributed by atoms with van der Waals surface area (Å²) in [6.07, 6.45) is -2.70. The van der Waals surface area contributed by atoms with E-state index in [1.54, 1.807) is 14.0 Å². The maximum Gasteiger partial charge on any atom is 0.311 e. The highest BCUT2D eigenvalue weighted by molar-refractivity contribution is 14.1. The molecule has 41 heavy (non-hydrogen) atoms. The molecule has 5 N–H and O–H groups in total. The van der Waals surface area contributed by atoms with Crippen LogP contribution in [0.15, 0.2) is 0 Å². The number of ether oxygens (including phenoxy) is 4. The van der Waals surface area contributed by atoms with Gasteiger partial charge in [0, 0.05) is 49.0 Å². The lowest BCUT2D eigenvalue weighted by atomic mass is 9.72. The average Bonchev–Trinajstić information content (AvgIpc) is 2.89. The third-order valence-corrected chi connectivity index (χ3v) is 11.4. The number of aliphatic hydroxyl groups excluding tert-OH is 1. The van der Waals surface area contributed by atoms with E-state index in [9.17, 15) is 20.1 Å². The molecule has 0 spiro atoms. The predicted octanol–water partition coefficient (Wildman–Crippen LogP) is 3.41.